The molecule has 0 fully saturated rings. The number of nitrogens with one attached hydrogen (secondary N) is 1. The predicted octanol–water partition coefficient (Wildman–Crippen LogP) is 3.99. The molecule has 0 amide bonds. The normalized spacial score (nSPS) is 11.4. The van der Waals surface area contributed by atoms with Crippen molar-refractivity contribution in [2.24, 2.45) is 5.92 Å². The highest BCUT2D eigenvalue weighted by Gasteiger charge is 2.02. The number of nitrogens with zero attached hydrogens (tertiary/aromatic N) is 2. The minimum atomic E-state index is 0.704. The van der Waals surface area contributed by atoms with Crippen LogP contribution in [0.3, 0.4) is 0 Å². The molecule has 0 spiro atoms. The molecule has 3 nitrogen and oxygen atoms in total. The summed E-state index contributed by atoms with van der Waals surface area (Å²) >= 11 is 0. The van der Waals surface area contributed by atoms with E-state index in [1.807, 2.05) is 12.5 Å². The minimum Gasteiger partial charge on any atom is -0.333 e. The molecule has 0 unspecified atom stereocenters. The van der Waals surface area contributed by atoms with E-state index >= 15 is 0 Å². The van der Waals surface area contributed by atoms with Crippen LogP contribution in [0.1, 0.15) is 65.0 Å². The molecule has 0 aliphatic carbocycles. The third-order valence-corrected chi connectivity index (χ3v) is 3.41. The second kappa shape index (κ2) is 10.0. The van der Waals surface area contributed by atoms with Gasteiger partial charge in [-0.1, -0.05) is 52.9 Å². The molecular weight excluding hydrogens is 234 g/mol. The van der Waals surface area contributed by atoms with Crippen LogP contribution in [0, 0.1) is 5.92 Å². The van der Waals surface area contributed by atoms with Crippen LogP contribution in [0.5, 0.6) is 0 Å². The van der Waals surface area contributed by atoms with Crippen molar-refractivity contribution in [2.45, 2.75) is 72.4 Å². The molecule has 0 atom stereocenters. The smallest absolute Gasteiger partial charge is 0.0948 e. The van der Waals surface area contributed by atoms with E-state index in [0.29, 0.717) is 5.92 Å². The molecule has 1 N–H and O–H groups in total. The van der Waals surface area contributed by atoms with Crippen LogP contribution in [0.2, 0.25) is 0 Å². The maximum atomic E-state index is 4.27. The summed E-state index contributed by atoms with van der Waals surface area (Å²) in [6, 6.07) is 0. The lowest BCUT2D eigenvalue weighted by Gasteiger charge is -2.10. The van der Waals surface area contributed by atoms with Crippen molar-refractivity contribution in [1.82, 2.24) is 14.9 Å². The molecule has 0 bridgehead atoms. The first-order valence-electron chi connectivity index (χ1n) is 7.93. The molecule has 0 aliphatic heterocycles. The van der Waals surface area contributed by atoms with Crippen molar-refractivity contribution in [3.8, 4) is 0 Å². The standard InChI is InChI=1S/C16H31N3/c1-4-5-6-7-8-9-10-19-14-18-13-16(19)12-17-11-15(2)3/h13-15,17H,4-12H2,1-3H3. The topological polar surface area (TPSA) is 29.9 Å². The summed E-state index contributed by atoms with van der Waals surface area (Å²) in [4.78, 5) is 4.27. The number of hydrogen-bond donors (Lipinski definition) is 1. The maximum absolute atomic E-state index is 4.27. The fourth-order valence-electron chi connectivity index (χ4n) is 2.25. The average molecular weight is 265 g/mol. The van der Waals surface area contributed by atoms with Crippen molar-refractivity contribution < 1.29 is 0 Å². The lowest BCUT2D eigenvalue weighted by Crippen LogP contribution is -2.20. The van der Waals surface area contributed by atoms with Gasteiger partial charge in [0.15, 0.2) is 0 Å². The maximum Gasteiger partial charge on any atom is 0.0948 e. The molecule has 1 aromatic rings. The molecule has 0 saturated heterocycles. The van der Waals surface area contributed by atoms with E-state index in [9.17, 15) is 0 Å². The van der Waals surface area contributed by atoms with Crippen molar-refractivity contribution in [3.63, 3.8) is 0 Å². The zero-order chi connectivity index (χ0) is 13.9. The Balaban J connectivity index is 2.17. The van der Waals surface area contributed by atoms with Gasteiger partial charge < -0.3 is 9.88 Å². The molecule has 1 aromatic heterocycles. The van der Waals surface area contributed by atoms with E-state index in [1.165, 1.54) is 44.2 Å². The fourth-order valence-corrected chi connectivity index (χ4v) is 2.25. The largest absolute Gasteiger partial charge is 0.333 e. The second-order valence-corrected chi connectivity index (χ2v) is 5.87. The molecule has 0 aliphatic rings. The van der Waals surface area contributed by atoms with E-state index < -0.39 is 0 Å². The van der Waals surface area contributed by atoms with Crippen molar-refractivity contribution in [2.75, 3.05) is 6.54 Å². The SMILES string of the molecule is CCCCCCCCn1cncc1CNCC(C)C. The van der Waals surface area contributed by atoms with Crippen LogP contribution in [-0.4, -0.2) is 16.1 Å². The summed E-state index contributed by atoms with van der Waals surface area (Å²) in [5.41, 5.74) is 1.31. The Kier molecular flexibility index (Phi) is 8.55. The summed E-state index contributed by atoms with van der Waals surface area (Å²) in [6.07, 6.45) is 12.1. The number of hydrogen-bond acceptors (Lipinski definition) is 2. The highest BCUT2D eigenvalue weighted by atomic mass is 15.1. The third-order valence-electron chi connectivity index (χ3n) is 3.41. The molecule has 110 valence electrons. The van der Waals surface area contributed by atoms with E-state index in [0.717, 1.165) is 19.6 Å². The zero-order valence-electron chi connectivity index (χ0n) is 13.0. The molecule has 0 radical (unpaired) electrons. The van der Waals surface area contributed by atoms with E-state index in [1.54, 1.807) is 0 Å². The summed E-state index contributed by atoms with van der Waals surface area (Å²) in [7, 11) is 0. The Morgan fingerprint density at radius 2 is 1.89 bits per heavy atom. The molecular formula is C16H31N3. The molecule has 1 rings (SSSR count). The predicted molar refractivity (Wildman–Crippen MR) is 82.1 cm³/mol. The van der Waals surface area contributed by atoms with Gasteiger partial charge in [0.05, 0.1) is 12.0 Å². The van der Waals surface area contributed by atoms with Gasteiger partial charge >= 0.3 is 0 Å². The van der Waals surface area contributed by atoms with Crippen molar-refractivity contribution >= 4 is 0 Å². The number of unbranched alkanes of at least 4 members (excludes halogenated alkanes) is 5. The van der Waals surface area contributed by atoms with Gasteiger partial charge in [-0.3, -0.25) is 0 Å². The van der Waals surface area contributed by atoms with Crippen LogP contribution >= 0.6 is 0 Å². The summed E-state index contributed by atoms with van der Waals surface area (Å²) in [6.45, 7) is 9.87. The van der Waals surface area contributed by atoms with E-state index in [-0.39, 0.29) is 0 Å². The number of imidazole rings is 1. The van der Waals surface area contributed by atoms with Gasteiger partial charge in [0, 0.05) is 19.3 Å². The number of aromatic nitrogens is 2. The van der Waals surface area contributed by atoms with Crippen molar-refractivity contribution in [3.05, 3.63) is 18.2 Å². The highest BCUT2D eigenvalue weighted by molar-refractivity contribution is 4.97. The number of rotatable bonds is 11. The van der Waals surface area contributed by atoms with Gasteiger partial charge in [0.2, 0.25) is 0 Å². The van der Waals surface area contributed by atoms with Gasteiger partial charge in [0.1, 0.15) is 0 Å². The zero-order valence-corrected chi connectivity index (χ0v) is 13.0. The third kappa shape index (κ3) is 7.36. The van der Waals surface area contributed by atoms with Gasteiger partial charge in [0.25, 0.3) is 0 Å². The average Bonchev–Trinajstić information content (AvgIpc) is 2.81. The van der Waals surface area contributed by atoms with Crippen LogP contribution in [0.15, 0.2) is 12.5 Å². The van der Waals surface area contributed by atoms with Gasteiger partial charge in [-0.25, -0.2) is 4.98 Å². The summed E-state index contributed by atoms with van der Waals surface area (Å²) in [5.74, 6) is 0.704. The van der Waals surface area contributed by atoms with E-state index in [4.69, 9.17) is 0 Å². The van der Waals surface area contributed by atoms with Crippen molar-refractivity contribution in [1.29, 1.82) is 0 Å². The lowest BCUT2D eigenvalue weighted by molar-refractivity contribution is 0.517. The molecule has 19 heavy (non-hydrogen) atoms. The van der Waals surface area contributed by atoms with Gasteiger partial charge in [-0.05, 0) is 18.9 Å². The van der Waals surface area contributed by atoms with Gasteiger partial charge in [-0.15, -0.1) is 0 Å². The minimum absolute atomic E-state index is 0.704. The fraction of sp³-hybridized carbons (Fsp3) is 0.812. The van der Waals surface area contributed by atoms with Crippen LogP contribution < -0.4 is 5.32 Å². The number of aryl methyl sites for hydroxylation is 1. The van der Waals surface area contributed by atoms with Crippen LogP contribution in [0.4, 0.5) is 0 Å². The Bertz CT molecular complexity index is 318. The monoisotopic (exact) mass is 265 g/mol. The van der Waals surface area contributed by atoms with Crippen LogP contribution in [0.25, 0.3) is 0 Å². The Labute approximate surface area is 118 Å². The first kappa shape index (κ1) is 16.2. The Morgan fingerprint density at radius 3 is 2.63 bits per heavy atom. The van der Waals surface area contributed by atoms with Crippen LogP contribution in [-0.2, 0) is 13.1 Å². The second-order valence-electron chi connectivity index (χ2n) is 5.87. The first-order chi connectivity index (χ1) is 9.24. The molecule has 1 heterocycles. The Hall–Kier alpha value is -0.830. The Morgan fingerprint density at radius 1 is 1.16 bits per heavy atom. The molecule has 3 heteroatoms. The lowest BCUT2D eigenvalue weighted by atomic mass is 10.1. The summed E-state index contributed by atoms with van der Waals surface area (Å²) in [5, 5.41) is 3.49. The van der Waals surface area contributed by atoms with Gasteiger partial charge in [-0.2, -0.15) is 0 Å². The van der Waals surface area contributed by atoms with E-state index in [2.05, 4.69) is 35.6 Å². The summed E-state index contributed by atoms with van der Waals surface area (Å²) < 4.78 is 2.30. The first-order valence-corrected chi connectivity index (χ1v) is 7.93. The quantitative estimate of drug-likeness (QED) is 0.613. The molecule has 0 aromatic carbocycles. The molecule has 0 saturated carbocycles. The highest BCUT2D eigenvalue weighted by Crippen LogP contribution is 2.08.